The van der Waals surface area contributed by atoms with Crippen LogP contribution in [0.2, 0.25) is 0 Å². The Balaban J connectivity index is 1.68. The lowest BCUT2D eigenvalue weighted by molar-refractivity contribution is 0.0600. The number of halogens is 1. The molecule has 0 saturated heterocycles. The summed E-state index contributed by atoms with van der Waals surface area (Å²) >= 11 is -1.22. The molecule has 0 bridgehead atoms. The molecule has 1 aromatic heterocycles. The van der Waals surface area contributed by atoms with Gasteiger partial charge in [0, 0.05) is 5.56 Å². The van der Waals surface area contributed by atoms with Crippen LogP contribution in [0.3, 0.4) is 0 Å². The highest BCUT2D eigenvalue weighted by Gasteiger charge is 2.23. The Morgan fingerprint density at radius 1 is 1.00 bits per heavy atom. The minimum absolute atomic E-state index is 0.358. The van der Waals surface area contributed by atoms with Crippen LogP contribution in [0.4, 0.5) is 15.1 Å². The van der Waals surface area contributed by atoms with Crippen LogP contribution >= 0.6 is 11.3 Å². The molecule has 7 nitrogen and oxygen atoms in total. The number of hydrogen-bond donors (Lipinski definition) is 1. The minimum atomic E-state index is -2.41. The third-order valence-corrected chi connectivity index (χ3v) is 6.83. The van der Waals surface area contributed by atoms with Crippen molar-refractivity contribution >= 4 is 39.3 Å². The first-order valence-electron chi connectivity index (χ1n) is 9.91. The van der Waals surface area contributed by atoms with E-state index in [9.17, 15) is 17.9 Å². The molecule has 4 rings (SSSR count). The lowest BCUT2D eigenvalue weighted by Gasteiger charge is -2.20. The summed E-state index contributed by atoms with van der Waals surface area (Å²) < 4.78 is 47.1. The molecule has 0 aliphatic rings. The number of carbonyl (C=O) groups is 1. The van der Waals surface area contributed by atoms with Crippen molar-refractivity contribution in [2.24, 2.45) is 0 Å². The summed E-state index contributed by atoms with van der Waals surface area (Å²) in [6.07, 6.45) is 1.48. The van der Waals surface area contributed by atoms with Crippen molar-refractivity contribution in [1.29, 1.82) is 0 Å². The molecule has 0 amide bonds. The van der Waals surface area contributed by atoms with Crippen LogP contribution < -0.4 is 9.04 Å². The van der Waals surface area contributed by atoms with E-state index in [2.05, 4.69) is 4.98 Å². The van der Waals surface area contributed by atoms with Gasteiger partial charge in [-0.25, -0.2) is 22.7 Å². The highest BCUT2D eigenvalue weighted by molar-refractivity contribution is 7.81. The Hall–Kier alpha value is -3.60. The van der Waals surface area contributed by atoms with Crippen molar-refractivity contribution in [3.05, 3.63) is 84.3 Å². The van der Waals surface area contributed by atoms with E-state index in [4.69, 9.17) is 9.47 Å². The summed E-state index contributed by atoms with van der Waals surface area (Å²) in [5.41, 5.74) is 3.10. The van der Waals surface area contributed by atoms with E-state index in [0.717, 1.165) is 11.1 Å². The Bertz CT molecular complexity index is 1340. The molecule has 0 fully saturated rings. The predicted octanol–water partition coefficient (Wildman–Crippen LogP) is 5.69. The molecule has 0 spiro atoms. The monoisotopic (exact) mass is 498 g/mol. The predicted molar refractivity (Wildman–Crippen MR) is 130 cm³/mol. The summed E-state index contributed by atoms with van der Waals surface area (Å²) in [5.74, 6) is -0.415. The average molecular weight is 499 g/mol. The van der Waals surface area contributed by atoms with Gasteiger partial charge in [0.25, 0.3) is 11.3 Å². The molecule has 1 unspecified atom stereocenters. The maximum Gasteiger partial charge on any atom is 0.337 e. The maximum absolute atomic E-state index is 13.2. The second-order valence-corrected chi connectivity index (χ2v) is 8.83. The van der Waals surface area contributed by atoms with Crippen LogP contribution in [0.5, 0.6) is 5.75 Å². The highest BCUT2D eigenvalue weighted by atomic mass is 32.2. The molecule has 4 aromatic rings. The number of rotatable bonds is 7. The molecule has 0 saturated carbocycles. The quantitative estimate of drug-likeness (QED) is 0.260. The topological polar surface area (TPSA) is 89.0 Å². The van der Waals surface area contributed by atoms with E-state index < -0.39 is 17.2 Å². The first-order valence-corrected chi connectivity index (χ1v) is 11.8. The van der Waals surface area contributed by atoms with Gasteiger partial charge in [0.05, 0.1) is 31.7 Å². The van der Waals surface area contributed by atoms with Crippen molar-refractivity contribution < 1.29 is 27.4 Å². The maximum atomic E-state index is 13.2. The van der Waals surface area contributed by atoms with E-state index >= 15 is 0 Å². The standard InChI is InChI=1S/C24H19FN2O5S2/c1-31-21-13-18(15-3-5-17(6-4-15)24(28)32-2)9-12-20(21)27(34(29)30)22-14-26-23(33-22)16-7-10-19(25)11-8-16/h3-14H,1-2H3,(H,29,30). The number of ether oxygens (including phenoxy) is 2. The van der Waals surface area contributed by atoms with Gasteiger partial charge in [-0.15, -0.1) is 0 Å². The zero-order valence-corrected chi connectivity index (χ0v) is 19.7. The fourth-order valence-electron chi connectivity index (χ4n) is 3.31. The van der Waals surface area contributed by atoms with Gasteiger partial charge in [0.1, 0.15) is 21.6 Å². The highest BCUT2D eigenvalue weighted by Crippen LogP contribution is 2.41. The summed E-state index contributed by atoms with van der Waals surface area (Å²) in [7, 11) is 2.79. The van der Waals surface area contributed by atoms with Crippen LogP contribution in [0.15, 0.2) is 72.9 Å². The number of nitrogens with zero attached hydrogens (tertiary/aromatic N) is 2. The molecule has 0 aliphatic heterocycles. The Kier molecular flexibility index (Phi) is 7.01. The molecule has 0 radical (unpaired) electrons. The summed E-state index contributed by atoms with van der Waals surface area (Å²) in [6, 6.07) is 17.9. The van der Waals surface area contributed by atoms with Gasteiger partial charge in [0.15, 0.2) is 0 Å². The number of esters is 1. The second-order valence-electron chi connectivity index (χ2n) is 6.99. The minimum Gasteiger partial charge on any atom is -0.495 e. The van der Waals surface area contributed by atoms with Crippen LogP contribution in [-0.4, -0.2) is 33.9 Å². The lowest BCUT2D eigenvalue weighted by Crippen LogP contribution is -2.18. The molecule has 10 heteroatoms. The first-order chi connectivity index (χ1) is 16.4. The van der Waals surface area contributed by atoms with Gasteiger partial charge in [0.2, 0.25) is 0 Å². The fraction of sp³-hybridized carbons (Fsp3) is 0.0833. The number of hydrogen-bond acceptors (Lipinski definition) is 6. The number of benzene rings is 3. The normalized spacial score (nSPS) is 11.6. The molecule has 1 N–H and O–H groups in total. The third-order valence-electron chi connectivity index (χ3n) is 4.98. The van der Waals surface area contributed by atoms with Crippen LogP contribution in [-0.2, 0) is 16.0 Å². The van der Waals surface area contributed by atoms with E-state index in [1.165, 1.54) is 48.2 Å². The Labute approximate surface area is 201 Å². The second kappa shape index (κ2) is 10.1. The van der Waals surface area contributed by atoms with E-state index in [1.54, 1.807) is 54.6 Å². The van der Waals surface area contributed by atoms with E-state index in [1.807, 2.05) is 0 Å². The first kappa shape index (κ1) is 23.6. The molecule has 174 valence electrons. The summed E-state index contributed by atoms with van der Waals surface area (Å²) in [4.78, 5) is 16.0. The van der Waals surface area contributed by atoms with Gasteiger partial charge >= 0.3 is 5.97 Å². The fourth-order valence-corrected chi connectivity index (χ4v) is 4.97. The van der Waals surface area contributed by atoms with Crippen molar-refractivity contribution in [3.8, 4) is 27.4 Å². The number of thiazole rings is 1. The van der Waals surface area contributed by atoms with Gasteiger partial charge in [-0.2, -0.15) is 0 Å². The molecule has 1 atom stereocenters. The zero-order valence-electron chi connectivity index (χ0n) is 18.1. The van der Waals surface area contributed by atoms with Gasteiger partial charge < -0.3 is 9.47 Å². The van der Waals surface area contributed by atoms with Crippen LogP contribution in [0.25, 0.3) is 21.7 Å². The van der Waals surface area contributed by atoms with Gasteiger partial charge in [-0.05, 0) is 59.7 Å². The summed E-state index contributed by atoms with van der Waals surface area (Å²) in [5, 5.41) is 0.986. The summed E-state index contributed by atoms with van der Waals surface area (Å²) in [6.45, 7) is 0. The largest absolute Gasteiger partial charge is 0.495 e. The van der Waals surface area contributed by atoms with Crippen molar-refractivity contribution in [2.75, 3.05) is 18.5 Å². The van der Waals surface area contributed by atoms with Crippen molar-refractivity contribution in [2.45, 2.75) is 0 Å². The molecule has 3 aromatic carbocycles. The molecule has 34 heavy (non-hydrogen) atoms. The molecular weight excluding hydrogens is 479 g/mol. The smallest absolute Gasteiger partial charge is 0.337 e. The molecule has 1 heterocycles. The Morgan fingerprint density at radius 2 is 1.65 bits per heavy atom. The van der Waals surface area contributed by atoms with Crippen LogP contribution in [0, 0.1) is 5.82 Å². The number of anilines is 2. The zero-order chi connectivity index (χ0) is 24.2. The van der Waals surface area contributed by atoms with E-state index in [0.29, 0.717) is 32.6 Å². The molecule has 0 aliphatic carbocycles. The SMILES string of the molecule is COC(=O)c1ccc(-c2ccc(N(c3cnc(-c4ccc(F)cc4)s3)S(=O)O)c(OC)c2)cc1. The number of carbonyl (C=O) groups excluding carboxylic acids is 1. The van der Waals surface area contributed by atoms with Crippen molar-refractivity contribution in [3.63, 3.8) is 0 Å². The molecular formula is C24H19FN2O5S2. The van der Waals surface area contributed by atoms with Gasteiger partial charge in [-0.3, -0.25) is 4.55 Å². The van der Waals surface area contributed by atoms with E-state index in [-0.39, 0.29) is 5.82 Å². The number of methoxy groups -OCH3 is 2. The van der Waals surface area contributed by atoms with Crippen LogP contribution in [0.1, 0.15) is 10.4 Å². The average Bonchev–Trinajstić information content (AvgIpc) is 3.33. The Morgan fingerprint density at radius 3 is 2.26 bits per heavy atom. The number of aromatic nitrogens is 1. The lowest BCUT2D eigenvalue weighted by atomic mass is 10.0. The van der Waals surface area contributed by atoms with Gasteiger partial charge in [-0.1, -0.05) is 29.5 Å². The third kappa shape index (κ3) is 4.84. The van der Waals surface area contributed by atoms with Crippen molar-refractivity contribution in [1.82, 2.24) is 4.98 Å².